The van der Waals surface area contributed by atoms with Gasteiger partial charge in [-0.2, -0.15) is 0 Å². The number of carbonyl (C=O) groups excluding carboxylic acids is 1. The van der Waals surface area contributed by atoms with Gasteiger partial charge in [-0.05, 0) is 31.2 Å². The zero-order chi connectivity index (χ0) is 14.5. The van der Waals surface area contributed by atoms with Crippen molar-refractivity contribution in [2.45, 2.75) is 20.0 Å². The van der Waals surface area contributed by atoms with Gasteiger partial charge in [0, 0.05) is 6.92 Å². The Hall–Kier alpha value is -2.40. The first kappa shape index (κ1) is 14.0. The standard InChI is InChI=1S/C15H16N2O3/c1-10(18)13-8-7-12(9-16-13)20-15-6-4-3-5-14(15)17-11(2)19/h3-10,18H,1-2H3,(H,17,19)/t10-/m1/s1. The number of benzene rings is 1. The second-order valence-corrected chi connectivity index (χ2v) is 4.37. The van der Waals surface area contributed by atoms with E-state index in [1.54, 1.807) is 31.2 Å². The molecule has 1 amide bonds. The van der Waals surface area contributed by atoms with E-state index in [1.807, 2.05) is 12.1 Å². The molecule has 2 rings (SSSR count). The summed E-state index contributed by atoms with van der Waals surface area (Å²) in [6, 6.07) is 10.6. The minimum Gasteiger partial charge on any atom is -0.454 e. The van der Waals surface area contributed by atoms with E-state index in [0.717, 1.165) is 0 Å². The van der Waals surface area contributed by atoms with Crippen LogP contribution in [0, 0.1) is 0 Å². The van der Waals surface area contributed by atoms with Crippen molar-refractivity contribution in [2.24, 2.45) is 0 Å². The number of aliphatic hydroxyl groups excluding tert-OH is 1. The quantitative estimate of drug-likeness (QED) is 0.897. The number of aliphatic hydroxyl groups is 1. The summed E-state index contributed by atoms with van der Waals surface area (Å²) < 4.78 is 5.69. The molecule has 0 radical (unpaired) electrons. The molecule has 1 aromatic heterocycles. The van der Waals surface area contributed by atoms with Crippen molar-refractivity contribution < 1.29 is 14.6 Å². The summed E-state index contributed by atoms with van der Waals surface area (Å²) in [5.74, 6) is 0.908. The third-order valence-corrected chi connectivity index (χ3v) is 2.61. The number of hydrogen-bond donors (Lipinski definition) is 2. The molecule has 0 saturated carbocycles. The van der Waals surface area contributed by atoms with Crippen molar-refractivity contribution in [2.75, 3.05) is 5.32 Å². The van der Waals surface area contributed by atoms with Gasteiger partial charge < -0.3 is 15.2 Å². The van der Waals surface area contributed by atoms with Gasteiger partial charge in [0.25, 0.3) is 0 Å². The summed E-state index contributed by atoms with van der Waals surface area (Å²) in [4.78, 5) is 15.2. The maximum atomic E-state index is 11.1. The van der Waals surface area contributed by atoms with E-state index in [-0.39, 0.29) is 5.91 Å². The average Bonchev–Trinajstić information content (AvgIpc) is 2.41. The van der Waals surface area contributed by atoms with Crippen LogP contribution in [0.5, 0.6) is 11.5 Å². The highest BCUT2D eigenvalue weighted by molar-refractivity contribution is 5.90. The van der Waals surface area contributed by atoms with Crippen LogP contribution < -0.4 is 10.1 Å². The van der Waals surface area contributed by atoms with Crippen LogP contribution in [0.3, 0.4) is 0 Å². The fraction of sp³-hybridized carbons (Fsp3) is 0.200. The molecule has 0 spiro atoms. The lowest BCUT2D eigenvalue weighted by Gasteiger charge is -2.11. The number of hydrogen-bond acceptors (Lipinski definition) is 4. The number of carbonyl (C=O) groups is 1. The van der Waals surface area contributed by atoms with Crippen molar-refractivity contribution in [3.63, 3.8) is 0 Å². The molecule has 1 heterocycles. The molecule has 5 heteroatoms. The van der Waals surface area contributed by atoms with Crippen molar-refractivity contribution in [1.29, 1.82) is 0 Å². The Bertz CT molecular complexity index is 594. The largest absolute Gasteiger partial charge is 0.454 e. The van der Waals surface area contributed by atoms with Crippen LogP contribution in [0.4, 0.5) is 5.69 Å². The van der Waals surface area contributed by atoms with Crippen molar-refractivity contribution >= 4 is 11.6 Å². The summed E-state index contributed by atoms with van der Waals surface area (Å²) in [5.41, 5.74) is 1.17. The van der Waals surface area contributed by atoms with E-state index in [1.165, 1.54) is 13.1 Å². The van der Waals surface area contributed by atoms with Gasteiger partial charge in [0.1, 0.15) is 5.75 Å². The molecule has 1 atom stereocenters. The summed E-state index contributed by atoms with van der Waals surface area (Å²) in [6.07, 6.45) is 0.919. The number of aromatic nitrogens is 1. The van der Waals surface area contributed by atoms with Crippen LogP contribution >= 0.6 is 0 Å². The fourth-order valence-corrected chi connectivity index (χ4v) is 1.67. The summed E-state index contributed by atoms with van der Waals surface area (Å²) in [7, 11) is 0. The molecule has 104 valence electrons. The third-order valence-electron chi connectivity index (χ3n) is 2.61. The van der Waals surface area contributed by atoms with Gasteiger partial charge in [-0.25, -0.2) is 0 Å². The molecule has 2 N–H and O–H groups in total. The Balaban J connectivity index is 2.19. The van der Waals surface area contributed by atoms with Crippen molar-refractivity contribution in [3.8, 4) is 11.5 Å². The molecule has 0 bridgehead atoms. The molecular formula is C15H16N2O3. The number of pyridine rings is 1. The van der Waals surface area contributed by atoms with E-state index in [0.29, 0.717) is 22.9 Å². The first-order valence-corrected chi connectivity index (χ1v) is 6.25. The topological polar surface area (TPSA) is 71.5 Å². The number of nitrogens with zero attached hydrogens (tertiary/aromatic N) is 1. The van der Waals surface area contributed by atoms with E-state index in [4.69, 9.17) is 4.74 Å². The Morgan fingerprint density at radius 3 is 2.65 bits per heavy atom. The van der Waals surface area contributed by atoms with Crippen LogP contribution in [-0.2, 0) is 4.79 Å². The minimum absolute atomic E-state index is 0.163. The average molecular weight is 272 g/mol. The van der Waals surface area contributed by atoms with Gasteiger partial charge in [-0.1, -0.05) is 12.1 Å². The SMILES string of the molecule is CC(=O)Nc1ccccc1Oc1ccc([C@@H](C)O)nc1. The molecular weight excluding hydrogens is 256 g/mol. The monoisotopic (exact) mass is 272 g/mol. The Kier molecular flexibility index (Phi) is 4.32. The number of ether oxygens (including phenoxy) is 1. The van der Waals surface area contributed by atoms with Crippen LogP contribution in [0.2, 0.25) is 0 Å². The van der Waals surface area contributed by atoms with Gasteiger partial charge in [0.15, 0.2) is 5.75 Å². The Labute approximate surface area is 117 Å². The van der Waals surface area contributed by atoms with E-state index in [2.05, 4.69) is 10.3 Å². The number of rotatable bonds is 4. The number of nitrogens with one attached hydrogen (secondary N) is 1. The Morgan fingerprint density at radius 1 is 1.30 bits per heavy atom. The third kappa shape index (κ3) is 3.55. The highest BCUT2D eigenvalue weighted by atomic mass is 16.5. The highest BCUT2D eigenvalue weighted by Gasteiger charge is 2.07. The lowest BCUT2D eigenvalue weighted by Crippen LogP contribution is -2.06. The first-order valence-electron chi connectivity index (χ1n) is 6.25. The van der Waals surface area contributed by atoms with Gasteiger partial charge >= 0.3 is 0 Å². The highest BCUT2D eigenvalue weighted by Crippen LogP contribution is 2.29. The van der Waals surface area contributed by atoms with Crippen molar-refractivity contribution in [1.82, 2.24) is 4.98 Å². The molecule has 5 nitrogen and oxygen atoms in total. The van der Waals surface area contributed by atoms with Gasteiger partial charge in [0.2, 0.25) is 5.91 Å². The summed E-state index contributed by atoms with van der Waals surface area (Å²) in [6.45, 7) is 3.09. The van der Waals surface area contributed by atoms with Crippen LogP contribution in [0.1, 0.15) is 25.6 Å². The van der Waals surface area contributed by atoms with Crippen LogP contribution in [0.25, 0.3) is 0 Å². The van der Waals surface area contributed by atoms with E-state index < -0.39 is 6.10 Å². The molecule has 0 saturated heterocycles. The molecule has 2 aromatic rings. The molecule has 20 heavy (non-hydrogen) atoms. The smallest absolute Gasteiger partial charge is 0.221 e. The molecule has 0 aliphatic heterocycles. The fourth-order valence-electron chi connectivity index (χ4n) is 1.67. The molecule has 1 aromatic carbocycles. The van der Waals surface area contributed by atoms with Gasteiger partial charge in [0.05, 0.1) is 23.7 Å². The summed E-state index contributed by atoms with van der Waals surface area (Å²) >= 11 is 0. The summed E-state index contributed by atoms with van der Waals surface area (Å²) in [5, 5.41) is 12.1. The predicted molar refractivity (Wildman–Crippen MR) is 75.7 cm³/mol. The van der Waals surface area contributed by atoms with Gasteiger partial charge in [-0.3, -0.25) is 9.78 Å². The molecule has 0 aliphatic rings. The Morgan fingerprint density at radius 2 is 2.05 bits per heavy atom. The number of anilines is 1. The van der Waals surface area contributed by atoms with E-state index >= 15 is 0 Å². The molecule has 0 fully saturated rings. The predicted octanol–water partition coefficient (Wildman–Crippen LogP) is 2.89. The van der Waals surface area contributed by atoms with Crippen LogP contribution in [0.15, 0.2) is 42.6 Å². The molecule has 0 aliphatic carbocycles. The normalized spacial score (nSPS) is 11.8. The zero-order valence-corrected chi connectivity index (χ0v) is 11.3. The second-order valence-electron chi connectivity index (χ2n) is 4.37. The second kappa shape index (κ2) is 6.16. The number of amides is 1. The van der Waals surface area contributed by atoms with Crippen molar-refractivity contribution in [3.05, 3.63) is 48.3 Å². The zero-order valence-electron chi connectivity index (χ0n) is 11.3. The van der Waals surface area contributed by atoms with E-state index in [9.17, 15) is 9.90 Å². The minimum atomic E-state index is -0.615. The maximum absolute atomic E-state index is 11.1. The molecule has 0 unspecified atom stereocenters. The lowest BCUT2D eigenvalue weighted by molar-refractivity contribution is -0.114. The van der Waals surface area contributed by atoms with Gasteiger partial charge in [-0.15, -0.1) is 0 Å². The lowest BCUT2D eigenvalue weighted by atomic mass is 10.2. The maximum Gasteiger partial charge on any atom is 0.221 e. The first-order chi connectivity index (χ1) is 9.56. The number of para-hydroxylation sites is 2. The van der Waals surface area contributed by atoms with Crippen LogP contribution in [-0.4, -0.2) is 16.0 Å².